The highest BCUT2D eigenvalue weighted by Crippen LogP contribution is 2.17. The first-order chi connectivity index (χ1) is 8.18. The van der Waals surface area contributed by atoms with Crippen LogP contribution >= 0.6 is 0 Å². The predicted octanol–water partition coefficient (Wildman–Crippen LogP) is 3.25. The van der Waals surface area contributed by atoms with E-state index in [2.05, 4.69) is 23.8 Å². The molecule has 3 heteroatoms. The van der Waals surface area contributed by atoms with E-state index in [1.807, 2.05) is 18.2 Å². The summed E-state index contributed by atoms with van der Waals surface area (Å²) in [7, 11) is 0. The molecule has 0 unspecified atom stereocenters. The second-order valence-corrected chi connectivity index (χ2v) is 4.59. The van der Waals surface area contributed by atoms with Gasteiger partial charge in [-0.3, -0.25) is 14.8 Å². The lowest BCUT2D eigenvalue weighted by Crippen LogP contribution is -2.03. The molecule has 1 aromatic carbocycles. The summed E-state index contributed by atoms with van der Waals surface area (Å²) in [4.78, 5) is 20.5. The molecule has 0 amide bonds. The number of nitrogens with zero attached hydrogens (tertiary/aromatic N) is 2. The van der Waals surface area contributed by atoms with Crippen LogP contribution in [-0.4, -0.2) is 15.8 Å². The molecule has 3 nitrogen and oxygen atoms in total. The fraction of sp³-hybridized carbons (Fsp3) is 0.357. The lowest BCUT2D eigenvalue weighted by Gasteiger charge is -2.05. The quantitative estimate of drug-likeness (QED) is 0.754. The zero-order valence-corrected chi connectivity index (χ0v) is 10.2. The zero-order valence-electron chi connectivity index (χ0n) is 10.2. The Labute approximate surface area is 101 Å². The van der Waals surface area contributed by atoms with Gasteiger partial charge in [0.05, 0.1) is 11.0 Å². The number of benzene rings is 1. The maximum absolute atomic E-state index is 12.1. The Balaban J connectivity index is 2.32. The maximum Gasteiger partial charge on any atom is 0.165 e. The molecule has 0 atom stereocenters. The fourth-order valence-corrected chi connectivity index (χ4v) is 1.77. The van der Waals surface area contributed by atoms with Crippen molar-refractivity contribution in [2.24, 2.45) is 5.92 Å². The number of carbonyl (C=O) groups is 1. The van der Waals surface area contributed by atoms with Gasteiger partial charge in [0.25, 0.3) is 0 Å². The average Bonchev–Trinajstić information content (AvgIpc) is 2.35. The minimum absolute atomic E-state index is 0.157. The van der Waals surface area contributed by atoms with Crippen molar-refractivity contribution in [2.45, 2.75) is 26.7 Å². The van der Waals surface area contributed by atoms with Gasteiger partial charge in [0.1, 0.15) is 0 Å². The van der Waals surface area contributed by atoms with Gasteiger partial charge >= 0.3 is 0 Å². The Morgan fingerprint density at radius 1 is 1.24 bits per heavy atom. The van der Waals surface area contributed by atoms with E-state index in [-0.39, 0.29) is 5.78 Å². The molecule has 0 aliphatic carbocycles. The van der Waals surface area contributed by atoms with Crippen molar-refractivity contribution in [3.63, 3.8) is 0 Å². The first-order valence-electron chi connectivity index (χ1n) is 5.91. The number of aromatic nitrogens is 2. The van der Waals surface area contributed by atoms with E-state index < -0.39 is 0 Å². The SMILES string of the molecule is CC(C)CCC(=O)c1cccc2nccnc12. The second-order valence-electron chi connectivity index (χ2n) is 4.59. The Morgan fingerprint density at radius 2 is 2.00 bits per heavy atom. The van der Waals surface area contributed by atoms with Crippen LogP contribution in [0.4, 0.5) is 0 Å². The van der Waals surface area contributed by atoms with Gasteiger partial charge < -0.3 is 0 Å². The van der Waals surface area contributed by atoms with Crippen molar-refractivity contribution in [1.82, 2.24) is 9.97 Å². The standard InChI is InChI=1S/C14H16N2O/c1-10(2)6-7-13(17)11-4-3-5-12-14(11)16-9-8-15-12/h3-5,8-10H,6-7H2,1-2H3. The molecule has 0 aliphatic heterocycles. The van der Waals surface area contributed by atoms with Crippen molar-refractivity contribution in [3.05, 3.63) is 36.2 Å². The first-order valence-corrected chi connectivity index (χ1v) is 5.91. The van der Waals surface area contributed by atoms with E-state index in [0.717, 1.165) is 11.9 Å². The summed E-state index contributed by atoms with van der Waals surface area (Å²) in [6.07, 6.45) is 4.76. The molecule has 2 rings (SSSR count). The molecule has 0 radical (unpaired) electrons. The van der Waals surface area contributed by atoms with Crippen molar-refractivity contribution >= 4 is 16.8 Å². The molecule has 0 fully saturated rings. The predicted molar refractivity (Wildman–Crippen MR) is 67.9 cm³/mol. The van der Waals surface area contributed by atoms with Gasteiger partial charge in [-0.1, -0.05) is 19.9 Å². The first kappa shape index (κ1) is 11.7. The number of rotatable bonds is 4. The van der Waals surface area contributed by atoms with Gasteiger partial charge in [0, 0.05) is 24.4 Å². The Morgan fingerprint density at radius 3 is 2.76 bits per heavy atom. The molecule has 0 saturated carbocycles. The highest BCUT2D eigenvalue weighted by atomic mass is 16.1. The summed E-state index contributed by atoms with van der Waals surface area (Å²) in [5.74, 6) is 0.699. The van der Waals surface area contributed by atoms with E-state index in [9.17, 15) is 4.79 Å². The smallest absolute Gasteiger partial charge is 0.165 e. The third-order valence-corrected chi connectivity index (χ3v) is 2.75. The van der Waals surface area contributed by atoms with Crippen LogP contribution in [0.25, 0.3) is 11.0 Å². The third kappa shape index (κ3) is 2.67. The van der Waals surface area contributed by atoms with Crippen LogP contribution < -0.4 is 0 Å². The van der Waals surface area contributed by atoms with Gasteiger partial charge in [-0.05, 0) is 24.5 Å². The second kappa shape index (κ2) is 5.04. The Kier molecular flexibility index (Phi) is 3.47. The summed E-state index contributed by atoms with van der Waals surface area (Å²) >= 11 is 0. The maximum atomic E-state index is 12.1. The minimum Gasteiger partial charge on any atom is -0.294 e. The van der Waals surface area contributed by atoms with Crippen molar-refractivity contribution in [2.75, 3.05) is 0 Å². The summed E-state index contributed by atoms with van der Waals surface area (Å²) in [6, 6.07) is 5.57. The molecule has 17 heavy (non-hydrogen) atoms. The molecular weight excluding hydrogens is 212 g/mol. The van der Waals surface area contributed by atoms with Gasteiger partial charge in [0.15, 0.2) is 5.78 Å². The van der Waals surface area contributed by atoms with E-state index in [0.29, 0.717) is 23.4 Å². The van der Waals surface area contributed by atoms with Crippen molar-refractivity contribution < 1.29 is 4.79 Å². The van der Waals surface area contributed by atoms with Gasteiger partial charge in [0.2, 0.25) is 0 Å². The van der Waals surface area contributed by atoms with Gasteiger partial charge in [-0.25, -0.2) is 0 Å². The number of carbonyl (C=O) groups excluding carboxylic acids is 1. The van der Waals surface area contributed by atoms with Crippen molar-refractivity contribution in [1.29, 1.82) is 0 Å². The molecular formula is C14H16N2O. The number of hydrogen-bond acceptors (Lipinski definition) is 3. The molecule has 0 saturated heterocycles. The van der Waals surface area contributed by atoms with Crippen LogP contribution in [-0.2, 0) is 0 Å². The fourth-order valence-electron chi connectivity index (χ4n) is 1.77. The molecule has 0 spiro atoms. The number of para-hydroxylation sites is 1. The molecule has 1 aromatic heterocycles. The monoisotopic (exact) mass is 228 g/mol. The summed E-state index contributed by atoms with van der Waals surface area (Å²) in [5.41, 5.74) is 2.18. The Bertz CT molecular complexity index is 529. The summed E-state index contributed by atoms with van der Waals surface area (Å²) < 4.78 is 0. The highest BCUT2D eigenvalue weighted by Gasteiger charge is 2.11. The summed E-state index contributed by atoms with van der Waals surface area (Å²) in [6.45, 7) is 4.24. The Hall–Kier alpha value is -1.77. The summed E-state index contributed by atoms with van der Waals surface area (Å²) in [5, 5.41) is 0. The van der Waals surface area contributed by atoms with Gasteiger partial charge in [-0.2, -0.15) is 0 Å². The third-order valence-electron chi connectivity index (χ3n) is 2.75. The molecule has 2 aromatic rings. The van der Waals surface area contributed by atoms with Crippen LogP contribution in [0.5, 0.6) is 0 Å². The van der Waals surface area contributed by atoms with Crippen LogP contribution in [0.2, 0.25) is 0 Å². The van der Waals surface area contributed by atoms with E-state index in [4.69, 9.17) is 0 Å². The lowest BCUT2D eigenvalue weighted by molar-refractivity contribution is 0.0977. The van der Waals surface area contributed by atoms with Crippen LogP contribution in [0.1, 0.15) is 37.0 Å². The molecule has 0 N–H and O–H groups in total. The van der Waals surface area contributed by atoms with Crippen LogP contribution in [0.15, 0.2) is 30.6 Å². The topological polar surface area (TPSA) is 42.9 Å². The van der Waals surface area contributed by atoms with E-state index >= 15 is 0 Å². The molecule has 88 valence electrons. The average molecular weight is 228 g/mol. The van der Waals surface area contributed by atoms with Crippen LogP contribution in [0, 0.1) is 5.92 Å². The lowest BCUT2D eigenvalue weighted by atomic mass is 10.0. The van der Waals surface area contributed by atoms with E-state index in [1.54, 1.807) is 12.4 Å². The molecule has 0 aliphatic rings. The van der Waals surface area contributed by atoms with E-state index in [1.165, 1.54) is 0 Å². The number of fused-ring (bicyclic) bond motifs is 1. The van der Waals surface area contributed by atoms with Gasteiger partial charge in [-0.15, -0.1) is 0 Å². The number of hydrogen-bond donors (Lipinski definition) is 0. The number of ketones is 1. The largest absolute Gasteiger partial charge is 0.294 e. The number of Topliss-reactive ketones (excluding diaryl/α,β-unsaturated/α-hetero) is 1. The van der Waals surface area contributed by atoms with Crippen molar-refractivity contribution in [3.8, 4) is 0 Å². The van der Waals surface area contributed by atoms with Crippen LogP contribution in [0.3, 0.4) is 0 Å². The minimum atomic E-state index is 0.157. The molecule has 0 bridgehead atoms. The molecule has 1 heterocycles. The zero-order chi connectivity index (χ0) is 12.3. The highest BCUT2D eigenvalue weighted by molar-refractivity contribution is 6.05. The normalized spacial score (nSPS) is 11.0.